The molecule has 152 valence electrons. The number of aromatic nitrogens is 4. The van der Waals surface area contributed by atoms with Crippen molar-refractivity contribution in [3.8, 4) is 0 Å². The van der Waals surface area contributed by atoms with E-state index >= 15 is 0 Å². The fraction of sp³-hybridized carbons (Fsp3) is 0.0455. The third-order valence-corrected chi connectivity index (χ3v) is 5.46. The summed E-state index contributed by atoms with van der Waals surface area (Å²) in [5.41, 5.74) is 4.03. The Bertz CT molecular complexity index is 1370. The molecule has 9 heteroatoms. The predicted molar refractivity (Wildman–Crippen MR) is 121 cm³/mol. The number of amides is 1. The quantitative estimate of drug-likeness (QED) is 0.281. The zero-order valence-corrected chi connectivity index (χ0v) is 17.1. The molecule has 0 fully saturated rings. The standard InChI is InChI=1S/C22H17N7OS/c30-20(14-31-22-28-27-21-24-18-8-4-5-9-19(18)29(21)22)23-15-10-12-17(13-11-15)26-25-16-6-2-1-3-7-16/h1-13H,14H2,(H,23,30)(H,24,27). The monoisotopic (exact) mass is 427 g/mol. The van der Waals surface area contributed by atoms with E-state index in [1.54, 1.807) is 12.1 Å². The van der Waals surface area contributed by atoms with Gasteiger partial charge in [-0.2, -0.15) is 10.2 Å². The van der Waals surface area contributed by atoms with Gasteiger partial charge in [-0.05, 0) is 48.5 Å². The molecule has 2 N–H and O–H groups in total. The molecule has 5 rings (SSSR count). The maximum atomic E-state index is 12.4. The summed E-state index contributed by atoms with van der Waals surface area (Å²) in [5, 5.41) is 19.2. The summed E-state index contributed by atoms with van der Waals surface area (Å²) < 4.78 is 1.92. The lowest BCUT2D eigenvalue weighted by Crippen LogP contribution is -2.14. The number of imidazole rings is 1. The molecule has 0 spiro atoms. The van der Waals surface area contributed by atoms with Crippen LogP contribution in [0.25, 0.3) is 16.8 Å². The summed E-state index contributed by atoms with van der Waals surface area (Å²) in [6.45, 7) is 0. The van der Waals surface area contributed by atoms with Crippen LogP contribution in [0.1, 0.15) is 0 Å². The van der Waals surface area contributed by atoms with E-state index in [9.17, 15) is 4.79 Å². The second-order valence-corrected chi connectivity index (χ2v) is 7.63. The Morgan fingerprint density at radius 2 is 1.65 bits per heavy atom. The van der Waals surface area contributed by atoms with Crippen molar-refractivity contribution in [1.29, 1.82) is 0 Å². The van der Waals surface area contributed by atoms with Gasteiger partial charge in [-0.15, -0.1) is 5.10 Å². The molecule has 0 aliphatic carbocycles. The number of thioether (sulfide) groups is 1. The van der Waals surface area contributed by atoms with Crippen LogP contribution >= 0.6 is 11.8 Å². The minimum absolute atomic E-state index is 0.121. The SMILES string of the molecule is O=C(CSc1n[nH]c2nc3ccccc3n12)Nc1ccc(N=Nc2ccccc2)cc1. The van der Waals surface area contributed by atoms with Crippen molar-refractivity contribution in [3.05, 3.63) is 78.9 Å². The van der Waals surface area contributed by atoms with Crippen LogP contribution in [0.3, 0.4) is 0 Å². The fourth-order valence-electron chi connectivity index (χ4n) is 3.09. The van der Waals surface area contributed by atoms with Gasteiger partial charge in [-0.25, -0.2) is 10.1 Å². The summed E-state index contributed by atoms with van der Waals surface area (Å²) in [7, 11) is 0. The van der Waals surface area contributed by atoms with E-state index in [4.69, 9.17) is 0 Å². The molecular formula is C22H17N7OS. The summed E-state index contributed by atoms with van der Waals surface area (Å²) in [5.74, 6) is 0.760. The number of carbonyl (C=O) groups is 1. The van der Waals surface area contributed by atoms with Gasteiger partial charge in [0.25, 0.3) is 0 Å². The number of hydrogen-bond acceptors (Lipinski definition) is 6. The van der Waals surface area contributed by atoms with Crippen LogP contribution in [0.2, 0.25) is 0 Å². The van der Waals surface area contributed by atoms with Crippen molar-refractivity contribution in [2.45, 2.75) is 5.16 Å². The first-order chi connectivity index (χ1) is 15.3. The molecule has 5 aromatic rings. The molecule has 8 nitrogen and oxygen atoms in total. The number of aromatic amines is 1. The maximum absolute atomic E-state index is 12.4. The molecule has 0 atom stereocenters. The molecule has 0 aliphatic rings. The minimum atomic E-state index is -0.121. The van der Waals surface area contributed by atoms with E-state index in [1.165, 1.54) is 11.8 Å². The Morgan fingerprint density at radius 1 is 0.935 bits per heavy atom. The van der Waals surface area contributed by atoms with Crippen LogP contribution < -0.4 is 5.32 Å². The van der Waals surface area contributed by atoms with E-state index in [-0.39, 0.29) is 11.7 Å². The first-order valence-electron chi connectivity index (χ1n) is 9.57. The number of anilines is 1. The summed E-state index contributed by atoms with van der Waals surface area (Å²) in [6.07, 6.45) is 0. The Morgan fingerprint density at radius 3 is 2.45 bits per heavy atom. The molecule has 1 amide bonds. The van der Waals surface area contributed by atoms with Crippen LogP contribution in [-0.2, 0) is 4.79 Å². The second kappa shape index (κ2) is 8.41. The van der Waals surface area contributed by atoms with Crippen LogP contribution in [0.4, 0.5) is 17.1 Å². The van der Waals surface area contributed by atoms with Gasteiger partial charge >= 0.3 is 0 Å². The topological polar surface area (TPSA) is 99.8 Å². The Balaban J connectivity index is 1.21. The first-order valence-corrected chi connectivity index (χ1v) is 10.6. The molecule has 0 bridgehead atoms. The van der Waals surface area contributed by atoms with Crippen LogP contribution in [0.5, 0.6) is 0 Å². The highest BCUT2D eigenvalue weighted by atomic mass is 32.2. The summed E-state index contributed by atoms with van der Waals surface area (Å²) in [6, 6.07) is 24.6. The Hall–Kier alpha value is -3.98. The molecule has 2 aromatic heterocycles. The molecule has 0 radical (unpaired) electrons. The Kier molecular flexibility index (Phi) is 5.16. The number of carbonyl (C=O) groups excluding carboxylic acids is 1. The van der Waals surface area contributed by atoms with E-state index in [0.717, 1.165) is 16.7 Å². The third-order valence-electron chi connectivity index (χ3n) is 4.52. The van der Waals surface area contributed by atoms with Gasteiger partial charge in [0.1, 0.15) is 0 Å². The van der Waals surface area contributed by atoms with E-state index in [2.05, 4.69) is 30.7 Å². The number of nitrogens with one attached hydrogen (secondary N) is 2. The number of para-hydroxylation sites is 2. The molecule has 0 unspecified atom stereocenters. The molecule has 3 aromatic carbocycles. The number of rotatable bonds is 6. The summed E-state index contributed by atoms with van der Waals surface area (Å²) >= 11 is 1.35. The van der Waals surface area contributed by atoms with Gasteiger partial charge in [0.05, 0.1) is 28.2 Å². The van der Waals surface area contributed by atoms with E-state index < -0.39 is 0 Å². The highest BCUT2D eigenvalue weighted by Crippen LogP contribution is 2.24. The second-order valence-electron chi connectivity index (χ2n) is 6.68. The average Bonchev–Trinajstić information content (AvgIpc) is 3.37. The maximum Gasteiger partial charge on any atom is 0.234 e. The number of azo groups is 1. The van der Waals surface area contributed by atoms with Crippen LogP contribution in [0.15, 0.2) is 94.2 Å². The van der Waals surface area contributed by atoms with Crippen molar-refractivity contribution in [2.75, 3.05) is 11.1 Å². The van der Waals surface area contributed by atoms with Crippen molar-refractivity contribution >= 4 is 51.5 Å². The minimum Gasteiger partial charge on any atom is -0.325 e. The van der Waals surface area contributed by atoms with Crippen molar-refractivity contribution in [3.63, 3.8) is 0 Å². The van der Waals surface area contributed by atoms with Gasteiger partial charge in [0.2, 0.25) is 11.7 Å². The van der Waals surface area contributed by atoms with Crippen LogP contribution in [-0.4, -0.2) is 31.2 Å². The number of hydrogen-bond donors (Lipinski definition) is 2. The number of nitrogens with zero attached hydrogens (tertiary/aromatic N) is 5. The number of fused-ring (bicyclic) bond motifs is 3. The third kappa shape index (κ3) is 4.17. The van der Waals surface area contributed by atoms with Crippen molar-refractivity contribution < 1.29 is 4.79 Å². The predicted octanol–water partition coefficient (Wildman–Crippen LogP) is 5.36. The molecule has 0 saturated heterocycles. The summed E-state index contributed by atoms with van der Waals surface area (Å²) in [4.78, 5) is 16.9. The van der Waals surface area contributed by atoms with Gasteiger partial charge in [0.15, 0.2) is 5.16 Å². The molecule has 2 heterocycles. The fourth-order valence-corrected chi connectivity index (χ4v) is 3.84. The average molecular weight is 427 g/mol. The van der Waals surface area contributed by atoms with Gasteiger partial charge < -0.3 is 5.32 Å². The normalized spacial score (nSPS) is 11.5. The molecule has 0 aliphatic heterocycles. The first kappa shape index (κ1) is 19.0. The lowest BCUT2D eigenvalue weighted by molar-refractivity contribution is -0.113. The number of benzene rings is 3. The van der Waals surface area contributed by atoms with Crippen molar-refractivity contribution in [1.82, 2.24) is 19.6 Å². The van der Waals surface area contributed by atoms with Gasteiger partial charge in [-0.1, -0.05) is 42.1 Å². The van der Waals surface area contributed by atoms with Gasteiger partial charge in [-0.3, -0.25) is 9.20 Å². The lowest BCUT2D eigenvalue weighted by atomic mass is 10.3. The van der Waals surface area contributed by atoms with Crippen molar-refractivity contribution in [2.24, 2.45) is 10.2 Å². The number of H-pyrrole nitrogens is 1. The van der Waals surface area contributed by atoms with Gasteiger partial charge in [0, 0.05) is 5.69 Å². The zero-order valence-electron chi connectivity index (χ0n) is 16.3. The molecule has 0 saturated carbocycles. The lowest BCUT2D eigenvalue weighted by Gasteiger charge is -2.04. The molecular weight excluding hydrogens is 410 g/mol. The largest absolute Gasteiger partial charge is 0.325 e. The van der Waals surface area contributed by atoms with E-state index in [1.807, 2.05) is 71.1 Å². The van der Waals surface area contributed by atoms with E-state index in [0.29, 0.717) is 22.3 Å². The highest BCUT2D eigenvalue weighted by Gasteiger charge is 2.13. The highest BCUT2D eigenvalue weighted by molar-refractivity contribution is 7.99. The van der Waals surface area contributed by atoms with Crippen LogP contribution in [0, 0.1) is 0 Å². The zero-order chi connectivity index (χ0) is 21.0. The Labute approximate surface area is 181 Å². The smallest absolute Gasteiger partial charge is 0.234 e. The molecule has 31 heavy (non-hydrogen) atoms.